The van der Waals surface area contributed by atoms with Gasteiger partial charge in [-0.25, -0.2) is 0 Å². The van der Waals surface area contributed by atoms with Gasteiger partial charge in [0.15, 0.2) is 0 Å². The summed E-state index contributed by atoms with van der Waals surface area (Å²) >= 11 is 0. The molecule has 0 radical (unpaired) electrons. The van der Waals surface area contributed by atoms with Crippen LogP contribution in [0.15, 0.2) is 60.7 Å². The van der Waals surface area contributed by atoms with Crippen molar-refractivity contribution in [1.82, 2.24) is 5.06 Å². The van der Waals surface area contributed by atoms with Crippen LogP contribution in [0.4, 0.5) is 0 Å². The number of benzene rings is 2. The van der Waals surface area contributed by atoms with Gasteiger partial charge < -0.3 is 4.84 Å². The molecule has 0 saturated carbocycles. The molecule has 0 aromatic heterocycles. The zero-order chi connectivity index (χ0) is 16.8. The van der Waals surface area contributed by atoms with Gasteiger partial charge in [-0.1, -0.05) is 60.7 Å². The van der Waals surface area contributed by atoms with Gasteiger partial charge in [0.2, 0.25) is 0 Å². The Kier molecular flexibility index (Phi) is 5.26. The summed E-state index contributed by atoms with van der Waals surface area (Å²) in [5.41, 5.74) is 2.50. The summed E-state index contributed by atoms with van der Waals surface area (Å²) in [5, 5.41) is 9.93. The van der Waals surface area contributed by atoms with E-state index in [1.807, 2.05) is 24.3 Å². The largest absolute Gasteiger partial charge is 0.343 e. The van der Waals surface area contributed by atoms with Crippen molar-refractivity contribution >= 4 is 12.3 Å². The lowest BCUT2D eigenvalue weighted by Crippen LogP contribution is -2.46. The van der Waals surface area contributed by atoms with Gasteiger partial charge >= 0.3 is 6.47 Å². The van der Waals surface area contributed by atoms with Gasteiger partial charge in [0.25, 0.3) is 0 Å². The summed E-state index contributed by atoms with van der Waals surface area (Å²) in [7, 11) is 0. The number of rotatable bonds is 6. The van der Waals surface area contributed by atoms with Gasteiger partial charge in [-0.15, -0.1) is 0 Å². The molecule has 124 valence electrons. The molecule has 4 nitrogen and oxygen atoms in total. The molecule has 1 fully saturated rings. The van der Waals surface area contributed by atoms with Gasteiger partial charge in [0.05, 0.1) is 6.54 Å². The zero-order valence-electron chi connectivity index (χ0n) is 13.6. The molecule has 1 aliphatic heterocycles. The smallest absolute Gasteiger partial charge is 0.320 e. The van der Waals surface area contributed by atoms with E-state index >= 15 is 0 Å². The fourth-order valence-electron chi connectivity index (χ4n) is 3.47. The van der Waals surface area contributed by atoms with Gasteiger partial charge in [-0.05, 0) is 36.3 Å². The number of nitrogens with zero attached hydrogens (tertiary/aromatic N) is 1. The monoisotopic (exact) mass is 322 g/mol. The maximum atomic E-state index is 10.7. The molecule has 24 heavy (non-hydrogen) atoms. The van der Waals surface area contributed by atoms with E-state index in [1.54, 1.807) is 0 Å². The van der Waals surface area contributed by atoms with Crippen molar-refractivity contribution in [2.45, 2.75) is 19.3 Å². The van der Waals surface area contributed by atoms with Crippen molar-refractivity contribution in [3.63, 3.8) is 0 Å². The minimum absolute atomic E-state index is 0.0429. The summed E-state index contributed by atoms with van der Waals surface area (Å²) in [6.45, 7) is 0.992. The highest BCUT2D eigenvalue weighted by Crippen LogP contribution is 2.31. The Hall–Kier alpha value is -2.62. The quantitative estimate of drug-likeness (QED) is 0.829. The maximum Gasteiger partial charge on any atom is 0.320 e. The lowest BCUT2D eigenvalue weighted by atomic mass is 9.78. The number of piperidine rings is 1. The lowest BCUT2D eigenvalue weighted by Gasteiger charge is -2.38. The number of hydrogen-bond donors (Lipinski definition) is 1. The molecule has 0 amide bonds. The Morgan fingerprint density at radius 1 is 1.00 bits per heavy atom. The molecular formula is C20H22N2O2. The molecule has 2 aromatic rings. The molecule has 1 saturated heterocycles. The van der Waals surface area contributed by atoms with E-state index in [0.717, 1.165) is 19.3 Å². The fourth-order valence-corrected chi connectivity index (χ4v) is 3.47. The SMILES string of the molecule is N=C1C(Cc2ccccc2)C(Cc2ccccc2)CCN1OC=O. The standard InChI is InChI=1S/C20H22N2O2/c21-20-19(14-17-9-5-2-6-10-17)18(11-12-22(20)24-15-23)13-16-7-3-1-4-8-16/h1-10,15,18-19,21H,11-14H2. The molecule has 1 aliphatic rings. The second-order valence-corrected chi connectivity index (χ2v) is 6.22. The van der Waals surface area contributed by atoms with Crippen molar-refractivity contribution in [3.8, 4) is 0 Å². The predicted molar refractivity (Wildman–Crippen MR) is 93.5 cm³/mol. The van der Waals surface area contributed by atoms with E-state index in [-0.39, 0.29) is 5.92 Å². The lowest BCUT2D eigenvalue weighted by molar-refractivity contribution is -0.159. The molecule has 2 atom stereocenters. The van der Waals surface area contributed by atoms with E-state index in [4.69, 9.17) is 10.2 Å². The van der Waals surface area contributed by atoms with E-state index in [2.05, 4.69) is 36.4 Å². The number of carbonyl (C=O) groups excluding carboxylic acids is 1. The summed E-state index contributed by atoms with van der Waals surface area (Å²) in [6.07, 6.45) is 2.63. The number of amidine groups is 1. The first kappa shape index (κ1) is 16.2. The highest BCUT2D eigenvalue weighted by Gasteiger charge is 2.35. The number of hydrogen-bond acceptors (Lipinski definition) is 3. The number of nitrogens with one attached hydrogen (secondary N) is 1. The molecule has 0 spiro atoms. The third-order valence-electron chi connectivity index (χ3n) is 4.70. The first-order valence-corrected chi connectivity index (χ1v) is 8.32. The molecule has 0 bridgehead atoms. The van der Waals surface area contributed by atoms with Crippen molar-refractivity contribution in [1.29, 1.82) is 5.41 Å². The Balaban J connectivity index is 1.80. The first-order valence-electron chi connectivity index (χ1n) is 8.32. The Morgan fingerprint density at radius 3 is 2.17 bits per heavy atom. The van der Waals surface area contributed by atoms with Crippen LogP contribution in [0.1, 0.15) is 17.5 Å². The van der Waals surface area contributed by atoms with Crippen LogP contribution in [-0.4, -0.2) is 23.9 Å². The summed E-state index contributed by atoms with van der Waals surface area (Å²) in [4.78, 5) is 15.7. The summed E-state index contributed by atoms with van der Waals surface area (Å²) < 4.78 is 0. The van der Waals surface area contributed by atoms with Crippen molar-refractivity contribution < 1.29 is 9.63 Å². The van der Waals surface area contributed by atoms with Gasteiger partial charge in [0, 0.05) is 5.92 Å². The van der Waals surface area contributed by atoms with Crippen LogP contribution in [-0.2, 0) is 22.5 Å². The second kappa shape index (κ2) is 7.77. The van der Waals surface area contributed by atoms with Crippen LogP contribution in [0.5, 0.6) is 0 Å². The summed E-state index contributed by atoms with van der Waals surface area (Å²) in [5.74, 6) is 0.811. The Morgan fingerprint density at radius 2 is 1.58 bits per heavy atom. The molecule has 0 aliphatic carbocycles. The van der Waals surface area contributed by atoms with E-state index < -0.39 is 0 Å². The van der Waals surface area contributed by atoms with E-state index in [1.165, 1.54) is 16.2 Å². The minimum atomic E-state index is 0.0429. The van der Waals surface area contributed by atoms with Crippen LogP contribution in [0, 0.1) is 17.2 Å². The maximum absolute atomic E-state index is 10.7. The van der Waals surface area contributed by atoms with Crippen LogP contribution < -0.4 is 0 Å². The molecule has 1 N–H and O–H groups in total. The fraction of sp³-hybridized carbons (Fsp3) is 0.300. The zero-order valence-corrected chi connectivity index (χ0v) is 13.6. The third kappa shape index (κ3) is 3.82. The molecule has 4 heteroatoms. The number of hydroxylamine groups is 2. The van der Waals surface area contributed by atoms with Gasteiger partial charge in [0.1, 0.15) is 5.84 Å². The molecule has 3 rings (SSSR count). The van der Waals surface area contributed by atoms with Crippen molar-refractivity contribution in [2.24, 2.45) is 11.8 Å². The topological polar surface area (TPSA) is 53.4 Å². The summed E-state index contributed by atoms with van der Waals surface area (Å²) in [6, 6.07) is 20.6. The second-order valence-electron chi connectivity index (χ2n) is 6.22. The van der Waals surface area contributed by atoms with Crippen LogP contribution in [0.3, 0.4) is 0 Å². The highest BCUT2D eigenvalue weighted by molar-refractivity contribution is 5.82. The van der Waals surface area contributed by atoms with Gasteiger partial charge in [-0.2, -0.15) is 5.06 Å². The predicted octanol–water partition coefficient (Wildman–Crippen LogP) is 3.48. The van der Waals surface area contributed by atoms with Crippen LogP contribution in [0.2, 0.25) is 0 Å². The molecule has 1 heterocycles. The van der Waals surface area contributed by atoms with Crippen molar-refractivity contribution in [2.75, 3.05) is 6.54 Å². The average Bonchev–Trinajstić information content (AvgIpc) is 2.62. The Labute approximate surface area is 142 Å². The first-order chi connectivity index (χ1) is 11.8. The van der Waals surface area contributed by atoms with Crippen molar-refractivity contribution in [3.05, 3.63) is 71.8 Å². The van der Waals surface area contributed by atoms with Crippen LogP contribution >= 0.6 is 0 Å². The number of carbonyl (C=O) groups is 1. The molecule has 2 aromatic carbocycles. The molecule has 2 unspecified atom stereocenters. The van der Waals surface area contributed by atoms with Crippen LogP contribution in [0.25, 0.3) is 0 Å². The Bertz CT molecular complexity index is 673. The van der Waals surface area contributed by atoms with E-state index in [9.17, 15) is 4.79 Å². The normalized spacial score (nSPS) is 20.7. The molecular weight excluding hydrogens is 300 g/mol. The highest BCUT2D eigenvalue weighted by atomic mass is 16.7. The average molecular weight is 322 g/mol. The third-order valence-corrected chi connectivity index (χ3v) is 4.70. The van der Waals surface area contributed by atoms with Gasteiger partial charge in [-0.3, -0.25) is 10.2 Å². The minimum Gasteiger partial charge on any atom is -0.343 e. The van der Waals surface area contributed by atoms with E-state index in [0.29, 0.717) is 24.8 Å².